The Morgan fingerprint density at radius 2 is 1.88 bits per heavy atom. The molecule has 1 aliphatic heterocycles. The molecule has 126 valence electrons. The van der Waals surface area contributed by atoms with Gasteiger partial charge in [0.2, 0.25) is 5.91 Å². The molecule has 0 saturated carbocycles. The molecule has 1 heterocycles. The number of hydrogen-bond donors (Lipinski definition) is 1. The number of anilines is 1. The Labute approximate surface area is 157 Å². The summed E-state index contributed by atoms with van der Waals surface area (Å²) in [5, 5.41) is 2.69. The van der Waals surface area contributed by atoms with Crippen LogP contribution in [0.25, 0.3) is 5.76 Å². The van der Waals surface area contributed by atoms with Gasteiger partial charge in [-0.15, -0.1) is 0 Å². The number of carbonyl (C=O) groups is 1. The second kappa shape index (κ2) is 7.77. The van der Waals surface area contributed by atoms with Crippen molar-refractivity contribution < 1.29 is 18.1 Å². The summed E-state index contributed by atoms with van der Waals surface area (Å²) in [5.74, 6) is -0.359. The van der Waals surface area contributed by atoms with E-state index in [9.17, 15) is 13.4 Å². The lowest BCUT2D eigenvalue weighted by Gasteiger charge is -2.12. The third-order valence-electron chi connectivity index (χ3n) is 3.49. The fourth-order valence-electron chi connectivity index (χ4n) is 2.42. The maximum atomic E-state index is 12.9. The SMILES string of the molecule is O=C1CC(C=Nc2ccc(I)cc2)=C(OB(F)F)c2ccccc2N1. The zero-order chi connectivity index (χ0) is 17.8. The lowest BCUT2D eigenvalue weighted by atomic mass is 10.1. The summed E-state index contributed by atoms with van der Waals surface area (Å²) in [6, 6.07) is 14.0. The topological polar surface area (TPSA) is 50.7 Å². The van der Waals surface area contributed by atoms with Crippen LogP contribution in [0.4, 0.5) is 20.0 Å². The van der Waals surface area contributed by atoms with Gasteiger partial charge in [0.1, 0.15) is 5.76 Å². The van der Waals surface area contributed by atoms with Crippen molar-refractivity contribution in [2.24, 2.45) is 4.99 Å². The number of rotatable bonds is 4. The van der Waals surface area contributed by atoms with Crippen LogP contribution in [-0.2, 0) is 9.45 Å². The predicted octanol–water partition coefficient (Wildman–Crippen LogP) is 4.69. The number of fused-ring (bicyclic) bond motifs is 1. The van der Waals surface area contributed by atoms with Gasteiger partial charge in [-0.05, 0) is 59.0 Å². The molecule has 0 radical (unpaired) electrons. The Balaban J connectivity index is 2.05. The smallest absolute Gasteiger partial charge is 0.504 e. The molecule has 2 aromatic carbocycles. The highest BCUT2D eigenvalue weighted by Crippen LogP contribution is 2.32. The fourth-order valence-corrected chi connectivity index (χ4v) is 2.78. The number of amides is 1. The number of aliphatic imine (C=N–C) groups is 1. The standard InChI is InChI=1S/C17H12BF2IN2O2/c19-18(20)25-17-11(10-22-13-7-5-12(21)6-8-13)9-16(24)23-15-4-2-1-3-14(15)17/h1-8,10H,9H2,(H,23,24). The number of carbonyl (C=O) groups excluding carboxylic acids is 1. The molecule has 2 aromatic rings. The number of halogens is 3. The van der Waals surface area contributed by atoms with E-state index in [4.69, 9.17) is 4.65 Å². The molecule has 25 heavy (non-hydrogen) atoms. The van der Waals surface area contributed by atoms with E-state index in [0.717, 1.165) is 3.57 Å². The van der Waals surface area contributed by atoms with E-state index in [1.807, 2.05) is 12.1 Å². The van der Waals surface area contributed by atoms with E-state index in [1.54, 1.807) is 36.4 Å². The molecule has 1 N–H and O–H groups in total. The highest BCUT2D eigenvalue weighted by atomic mass is 127. The van der Waals surface area contributed by atoms with E-state index in [-0.39, 0.29) is 18.1 Å². The first-order chi connectivity index (χ1) is 12.0. The third-order valence-corrected chi connectivity index (χ3v) is 4.21. The summed E-state index contributed by atoms with van der Waals surface area (Å²) < 4.78 is 31.6. The molecular weight excluding hydrogens is 440 g/mol. The van der Waals surface area contributed by atoms with Gasteiger partial charge in [0.25, 0.3) is 0 Å². The zero-order valence-corrected chi connectivity index (χ0v) is 15.0. The third kappa shape index (κ3) is 4.44. The highest BCUT2D eigenvalue weighted by molar-refractivity contribution is 14.1. The molecule has 0 spiro atoms. The van der Waals surface area contributed by atoms with Crippen LogP contribution >= 0.6 is 22.6 Å². The second-order valence-electron chi connectivity index (χ2n) is 5.24. The van der Waals surface area contributed by atoms with E-state index in [2.05, 4.69) is 32.9 Å². The number of para-hydroxylation sites is 1. The average molecular weight is 452 g/mol. The number of hydrogen-bond acceptors (Lipinski definition) is 3. The van der Waals surface area contributed by atoms with Crippen molar-refractivity contribution in [3.63, 3.8) is 0 Å². The molecule has 8 heteroatoms. The minimum atomic E-state index is -3.00. The van der Waals surface area contributed by atoms with Crippen LogP contribution in [0.1, 0.15) is 12.0 Å². The normalized spacial score (nSPS) is 14.1. The van der Waals surface area contributed by atoms with Crippen molar-refractivity contribution in [1.82, 2.24) is 0 Å². The summed E-state index contributed by atoms with van der Waals surface area (Å²) in [6.07, 6.45) is 1.30. The Morgan fingerprint density at radius 1 is 1.16 bits per heavy atom. The summed E-state index contributed by atoms with van der Waals surface area (Å²) in [4.78, 5) is 16.4. The lowest BCUT2D eigenvalue weighted by molar-refractivity contribution is -0.115. The van der Waals surface area contributed by atoms with Crippen molar-refractivity contribution in [3.8, 4) is 0 Å². The molecule has 0 unspecified atom stereocenters. The fraction of sp³-hybridized carbons (Fsp3) is 0.0588. The van der Waals surface area contributed by atoms with Gasteiger partial charge in [0.05, 0.1) is 17.8 Å². The van der Waals surface area contributed by atoms with Gasteiger partial charge in [-0.25, -0.2) is 8.63 Å². The van der Waals surface area contributed by atoms with Gasteiger partial charge in [-0.1, -0.05) is 12.1 Å². The maximum Gasteiger partial charge on any atom is 0.796 e. The van der Waals surface area contributed by atoms with Gasteiger partial charge in [-0.3, -0.25) is 9.79 Å². The first-order valence-electron chi connectivity index (χ1n) is 7.40. The van der Waals surface area contributed by atoms with Crippen LogP contribution in [0.3, 0.4) is 0 Å². The highest BCUT2D eigenvalue weighted by Gasteiger charge is 2.27. The molecule has 0 atom stereocenters. The lowest BCUT2D eigenvalue weighted by Crippen LogP contribution is -2.11. The molecule has 0 saturated heterocycles. The molecule has 0 fully saturated rings. The molecular formula is C17H12BF2IN2O2. The van der Waals surface area contributed by atoms with E-state index < -0.39 is 7.47 Å². The summed E-state index contributed by atoms with van der Waals surface area (Å²) >= 11 is 2.18. The number of benzene rings is 2. The quantitative estimate of drug-likeness (QED) is 0.416. The van der Waals surface area contributed by atoms with Crippen molar-refractivity contribution in [3.05, 3.63) is 63.2 Å². The van der Waals surface area contributed by atoms with Crippen LogP contribution < -0.4 is 5.32 Å². The molecule has 4 nitrogen and oxygen atoms in total. The Hall–Kier alpha value is -2.23. The number of nitrogens with zero attached hydrogens (tertiary/aromatic N) is 1. The molecule has 1 aliphatic rings. The first kappa shape index (κ1) is 17.6. The van der Waals surface area contributed by atoms with Crippen molar-refractivity contribution in [1.29, 1.82) is 0 Å². The average Bonchev–Trinajstić information content (AvgIpc) is 2.71. The summed E-state index contributed by atoms with van der Waals surface area (Å²) in [7, 11) is -3.00. The van der Waals surface area contributed by atoms with Gasteiger partial charge in [-0.2, -0.15) is 0 Å². The van der Waals surface area contributed by atoms with Crippen molar-refractivity contribution >= 4 is 59.3 Å². The van der Waals surface area contributed by atoms with Crippen LogP contribution in [0.2, 0.25) is 0 Å². The van der Waals surface area contributed by atoms with Crippen LogP contribution in [-0.4, -0.2) is 19.6 Å². The van der Waals surface area contributed by atoms with E-state index >= 15 is 0 Å². The second-order valence-corrected chi connectivity index (χ2v) is 6.48. The Bertz CT molecular complexity index is 854. The minimum Gasteiger partial charge on any atom is -0.504 e. The molecule has 0 aliphatic carbocycles. The summed E-state index contributed by atoms with van der Waals surface area (Å²) in [6.45, 7) is 0. The molecule has 0 bridgehead atoms. The van der Waals surface area contributed by atoms with Gasteiger partial charge < -0.3 is 9.97 Å². The van der Waals surface area contributed by atoms with Gasteiger partial charge >= 0.3 is 7.47 Å². The van der Waals surface area contributed by atoms with Crippen LogP contribution in [0.15, 0.2) is 59.1 Å². The monoisotopic (exact) mass is 452 g/mol. The van der Waals surface area contributed by atoms with Gasteiger partial charge in [0.15, 0.2) is 0 Å². The Kier molecular flexibility index (Phi) is 5.47. The minimum absolute atomic E-state index is 0.0433. The zero-order valence-electron chi connectivity index (χ0n) is 12.9. The number of nitrogens with one attached hydrogen (secondary N) is 1. The van der Waals surface area contributed by atoms with Gasteiger partial charge in [0, 0.05) is 20.9 Å². The Morgan fingerprint density at radius 3 is 2.60 bits per heavy atom. The van der Waals surface area contributed by atoms with Crippen LogP contribution in [0.5, 0.6) is 0 Å². The summed E-state index contributed by atoms with van der Waals surface area (Å²) in [5.41, 5.74) is 1.78. The van der Waals surface area contributed by atoms with E-state index in [1.165, 1.54) is 6.21 Å². The van der Waals surface area contributed by atoms with Crippen molar-refractivity contribution in [2.75, 3.05) is 5.32 Å². The largest absolute Gasteiger partial charge is 0.796 e. The first-order valence-corrected chi connectivity index (χ1v) is 8.47. The molecule has 1 amide bonds. The van der Waals surface area contributed by atoms with E-state index in [0.29, 0.717) is 22.5 Å². The molecule has 3 rings (SSSR count). The van der Waals surface area contributed by atoms with Crippen molar-refractivity contribution in [2.45, 2.75) is 6.42 Å². The predicted molar refractivity (Wildman–Crippen MR) is 103 cm³/mol. The van der Waals surface area contributed by atoms with Crippen LogP contribution in [0, 0.1) is 3.57 Å². The molecule has 0 aromatic heterocycles. The maximum absolute atomic E-state index is 12.9.